The molecule has 0 radical (unpaired) electrons. The van der Waals surface area contributed by atoms with Crippen LogP contribution in [0.15, 0.2) is 54.2 Å². The monoisotopic (exact) mass is 952 g/mol. The number of rotatable bonds is 14. The topological polar surface area (TPSA) is 190 Å². The van der Waals surface area contributed by atoms with Crippen molar-refractivity contribution in [3.8, 4) is 22.4 Å². The summed E-state index contributed by atoms with van der Waals surface area (Å²) in [6, 6.07) is 10.2. The van der Waals surface area contributed by atoms with Gasteiger partial charge in [-0.05, 0) is 74.7 Å². The number of nitrogens with one attached hydrogen (secondary N) is 2. The molecular weight excluding hydrogens is 905 g/mol. The van der Waals surface area contributed by atoms with E-state index in [-0.39, 0.29) is 49.4 Å². The molecule has 4 amide bonds. The Hall–Kier alpha value is -6.08. The first kappa shape index (κ1) is 49.4. The van der Waals surface area contributed by atoms with Crippen molar-refractivity contribution in [3.05, 3.63) is 87.9 Å². The second-order valence-electron chi connectivity index (χ2n) is 17.4. The Kier molecular flexibility index (Phi) is 14.5. The van der Waals surface area contributed by atoms with Crippen molar-refractivity contribution < 1.29 is 51.3 Å². The van der Waals surface area contributed by atoms with Crippen molar-refractivity contribution in [1.82, 2.24) is 25.5 Å². The second kappa shape index (κ2) is 19.4. The number of benzene rings is 2. The Morgan fingerprint density at radius 3 is 2.39 bits per heavy atom. The SMILES string of the molecule is Cc1cc(N2C(=S)N(c3ccc(C#N)c(C(F)(F)F)c3F)C(=O)C2(C)C)cnc1OCCOCC(=O)N[C@H](C(=O)N1C[C@H](O)C[C@H]1C(=O)NCc1ccc(-c2scnc2C)cc1)C(C)(C)C. The second-order valence-corrected chi connectivity index (χ2v) is 18.6. The van der Waals surface area contributed by atoms with Crippen molar-refractivity contribution in [2.75, 3.05) is 36.2 Å². The number of hydrogen-bond donors (Lipinski definition) is 3. The largest absolute Gasteiger partial charge is 0.475 e. The van der Waals surface area contributed by atoms with Gasteiger partial charge in [0.1, 0.15) is 36.4 Å². The normalized spacial score (nSPS) is 17.8. The van der Waals surface area contributed by atoms with Gasteiger partial charge in [-0.2, -0.15) is 18.4 Å². The number of hydrogen-bond acceptors (Lipinski definition) is 12. The van der Waals surface area contributed by atoms with E-state index in [1.165, 1.54) is 35.9 Å². The maximum Gasteiger partial charge on any atom is 0.420 e. The Morgan fingerprint density at radius 1 is 1.09 bits per heavy atom. The molecule has 3 N–H and O–H groups in total. The molecule has 0 aliphatic carbocycles. The molecule has 6 rings (SSSR count). The molecule has 4 heterocycles. The number of carbonyl (C=O) groups excluding carboxylic acids is 4. The Bertz CT molecular complexity index is 2580. The van der Waals surface area contributed by atoms with Crippen LogP contribution in [-0.2, 0) is 36.6 Å². The summed E-state index contributed by atoms with van der Waals surface area (Å²) in [5.74, 6) is -4.06. The Balaban J connectivity index is 1.02. The number of aliphatic hydroxyl groups is 1. The van der Waals surface area contributed by atoms with Gasteiger partial charge in [-0.15, -0.1) is 11.3 Å². The van der Waals surface area contributed by atoms with E-state index >= 15 is 4.39 Å². The first-order valence-corrected chi connectivity index (χ1v) is 21.9. The van der Waals surface area contributed by atoms with Gasteiger partial charge in [-0.1, -0.05) is 45.0 Å². The minimum Gasteiger partial charge on any atom is -0.475 e. The number of alkyl halides is 3. The maximum absolute atomic E-state index is 15.4. The minimum atomic E-state index is -5.22. The van der Waals surface area contributed by atoms with Crippen LogP contribution in [0.3, 0.4) is 0 Å². The van der Waals surface area contributed by atoms with Gasteiger partial charge in [0, 0.05) is 25.1 Å². The Morgan fingerprint density at radius 2 is 1.79 bits per heavy atom. The Labute approximate surface area is 387 Å². The zero-order valence-corrected chi connectivity index (χ0v) is 38.7. The summed E-state index contributed by atoms with van der Waals surface area (Å²) in [6.45, 7) is 11.3. The van der Waals surface area contributed by atoms with Gasteiger partial charge in [-0.3, -0.25) is 24.1 Å². The molecule has 66 heavy (non-hydrogen) atoms. The molecule has 3 atom stereocenters. The maximum atomic E-state index is 15.4. The van der Waals surface area contributed by atoms with Crippen molar-refractivity contribution in [2.45, 2.75) is 91.3 Å². The molecule has 2 aromatic heterocycles. The molecule has 350 valence electrons. The van der Waals surface area contributed by atoms with Crippen LogP contribution in [0.25, 0.3) is 10.4 Å². The number of ether oxygens (including phenoxy) is 2. The first-order valence-electron chi connectivity index (χ1n) is 20.7. The van der Waals surface area contributed by atoms with Gasteiger partial charge in [0.2, 0.25) is 23.6 Å². The van der Waals surface area contributed by atoms with E-state index in [1.807, 2.05) is 31.2 Å². The van der Waals surface area contributed by atoms with E-state index in [2.05, 4.69) is 20.6 Å². The fraction of sp³-hybridized carbons (Fsp3) is 0.422. The van der Waals surface area contributed by atoms with Crippen LogP contribution in [0.1, 0.15) is 69.0 Å². The van der Waals surface area contributed by atoms with E-state index in [0.717, 1.165) is 33.8 Å². The van der Waals surface area contributed by atoms with Gasteiger partial charge in [0.05, 0.1) is 58.0 Å². The van der Waals surface area contributed by atoms with Crippen LogP contribution in [0, 0.1) is 36.4 Å². The van der Waals surface area contributed by atoms with Gasteiger partial charge in [0.15, 0.2) is 10.9 Å². The van der Waals surface area contributed by atoms with Crippen LogP contribution < -0.4 is 25.2 Å². The summed E-state index contributed by atoms with van der Waals surface area (Å²) in [7, 11) is 0. The smallest absolute Gasteiger partial charge is 0.420 e. The van der Waals surface area contributed by atoms with Crippen LogP contribution >= 0.6 is 23.6 Å². The number of nitrogens with zero attached hydrogens (tertiary/aromatic N) is 6. The number of thiazole rings is 1. The van der Waals surface area contributed by atoms with Crippen LogP contribution in [0.5, 0.6) is 5.88 Å². The first-order chi connectivity index (χ1) is 30.9. The highest BCUT2D eigenvalue weighted by Crippen LogP contribution is 2.42. The van der Waals surface area contributed by atoms with Crippen molar-refractivity contribution >= 4 is 63.7 Å². The summed E-state index contributed by atoms with van der Waals surface area (Å²) in [5, 5.41) is 25.0. The predicted octanol–water partition coefficient (Wildman–Crippen LogP) is 5.97. The number of amides is 4. The number of carbonyl (C=O) groups is 4. The van der Waals surface area contributed by atoms with Crippen LogP contribution in [0.2, 0.25) is 0 Å². The number of nitriles is 1. The van der Waals surface area contributed by atoms with E-state index < -0.39 is 88.2 Å². The number of thiocarbonyl (C=S) groups is 1. The average molecular weight is 953 g/mol. The lowest BCUT2D eigenvalue weighted by Crippen LogP contribution is -2.58. The minimum absolute atomic E-state index is 0.0320. The number of pyridine rings is 1. The number of halogens is 4. The molecule has 0 saturated carbocycles. The lowest BCUT2D eigenvalue weighted by atomic mass is 9.85. The van der Waals surface area contributed by atoms with E-state index in [4.69, 9.17) is 21.7 Å². The molecule has 4 aromatic rings. The van der Waals surface area contributed by atoms with Crippen LogP contribution in [-0.4, -0.2) is 98.8 Å². The van der Waals surface area contributed by atoms with Gasteiger partial charge in [-0.25, -0.2) is 14.4 Å². The van der Waals surface area contributed by atoms with Gasteiger partial charge < -0.3 is 35.0 Å². The molecule has 0 bridgehead atoms. The van der Waals surface area contributed by atoms with Crippen molar-refractivity contribution in [1.29, 1.82) is 5.26 Å². The summed E-state index contributed by atoms with van der Waals surface area (Å²) >= 11 is 7.06. The van der Waals surface area contributed by atoms with Crippen molar-refractivity contribution in [3.63, 3.8) is 0 Å². The number of likely N-dealkylation sites (tertiary alicyclic amines) is 1. The van der Waals surface area contributed by atoms with Crippen molar-refractivity contribution in [2.24, 2.45) is 5.41 Å². The molecule has 0 unspecified atom stereocenters. The standard InChI is InChI=1S/C45H48F4N8O7S2/c1-24-16-29(57-42(65)56(41(62)44(57,6)7)31-13-12-28(18-50)34(35(31)46)45(47,48)49)20-52-39(24)64-15-14-63-22-33(59)54-37(43(3,4)5)40(61)55-21-30(58)17-32(55)38(60)51-19-26-8-10-27(11-9-26)36-25(2)53-23-66-36/h8-13,16,20,23,30,32,37,58H,14-15,17,19,21-22H2,1-7H3,(H,51,60)(H,54,59)/t30-,32+,37-/m1/s1. The molecule has 21 heteroatoms. The molecule has 2 saturated heterocycles. The summed E-state index contributed by atoms with van der Waals surface area (Å²) in [4.78, 5) is 67.1. The highest BCUT2D eigenvalue weighted by molar-refractivity contribution is 7.81. The van der Waals surface area contributed by atoms with E-state index in [1.54, 1.807) is 50.6 Å². The zero-order valence-electron chi connectivity index (χ0n) is 37.1. The molecule has 15 nitrogen and oxygen atoms in total. The molecular formula is C45H48F4N8O7S2. The van der Waals surface area contributed by atoms with Gasteiger partial charge >= 0.3 is 6.18 Å². The third kappa shape index (κ3) is 10.3. The fourth-order valence-electron chi connectivity index (χ4n) is 7.71. The lowest BCUT2D eigenvalue weighted by Gasteiger charge is -2.35. The summed E-state index contributed by atoms with van der Waals surface area (Å²) in [6.07, 6.45) is -4.81. The molecule has 0 spiro atoms. The number of aliphatic hydroxyl groups excluding tert-OH is 1. The highest BCUT2D eigenvalue weighted by Gasteiger charge is 2.52. The average Bonchev–Trinajstić information content (AvgIpc) is 3.91. The van der Waals surface area contributed by atoms with Crippen LogP contribution in [0.4, 0.5) is 28.9 Å². The predicted molar refractivity (Wildman–Crippen MR) is 240 cm³/mol. The fourth-order valence-corrected chi connectivity index (χ4v) is 9.04. The number of aryl methyl sites for hydroxylation is 2. The molecule has 2 aromatic carbocycles. The number of aromatic nitrogens is 2. The molecule has 2 aliphatic rings. The third-order valence-electron chi connectivity index (χ3n) is 11.1. The zero-order chi connectivity index (χ0) is 48.5. The lowest BCUT2D eigenvalue weighted by molar-refractivity contribution is -0.144. The number of anilines is 2. The van der Waals surface area contributed by atoms with E-state index in [9.17, 15) is 42.7 Å². The van der Waals surface area contributed by atoms with E-state index in [0.29, 0.717) is 10.5 Å². The number of β-amino-alcohol motifs (C(OH)–C–C–N with tert-alkyl or cyclic N) is 1. The van der Waals surface area contributed by atoms with Gasteiger partial charge in [0.25, 0.3) is 5.91 Å². The third-order valence-corrected chi connectivity index (χ3v) is 12.5. The highest BCUT2D eigenvalue weighted by atomic mass is 32.1. The molecule has 2 aliphatic heterocycles. The molecule has 2 fully saturated rings. The summed E-state index contributed by atoms with van der Waals surface area (Å²) in [5.41, 5.74) is -0.530. The quantitative estimate of drug-likeness (QED) is 0.0764. The summed E-state index contributed by atoms with van der Waals surface area (Å²) < 4.78 is 68.1.